The summed E-state index contributed by atoms with van der Waals surface area (Å²) in [4.78, 5) is 24.4. The Labute approximate surface area is 91.6 Å². The van der Waals surface area contributed by atoms with E-state index < -0.39 is 17.5 Å². The van der Waals surface area contributed by atoms with Crippen molar-refractivity contribution in [1.82, 2.24) is 4.90 Å². The van der Waals surface area contributed by atoms with Crippen LogP contribution in [0.1, 0.15) is 41.5 Å². The molecule has 0 radical (unpaired) electrons. The summed E-state index contributed by atoms with van der Waals surface area (Å²) >= 11 is 0. The van der Waals surface area contributed by atoms with Crippen LogP contribution in [-0.4, -0.2) is 35.0 Å². The van der Waals surface area contributed by atoms with Crippen LogP contribution in [-0.2, 0) is 14.3 Å². The molecule has 0 aromatic rings. The summed E-state index contributed by atoms with van der Waals surface area (Å²) in [6, 6.07) is 0. The zero-order valence-corrected chi connectivity index (χ0v) is 10.7. The summed E-state index contributed by atoms with van der Waals surface area (Å²) in [5, 5.41) is 0. The van der Waals surface area contributed by atoms with Crippen LogP contribution in [0.4, 0.5) is 0 Å². The van der Waals surface area contributed by atoms with Crippen molar-refractivity contribution in [3.05, 3.63) is 0 Å². The molecule has 0 N–H and O–H groups in total. The van der Waals surface area contributed by atoms with Gasteiger partial charge in [0.15, 0.2) is 0 Å². The van der Waals surface area contributed by atoms with Gasteiger partial charge in [0.2, 0.25) is 0 Å². The van der Waals surface area contributed by atoms with Crippen LogP contribution in [0.15, 0.2) is 0 Å². The first-order valence-corrected chi connectivity index (χ1v) is 4.96. The molecule has 0 aromatic carbocycles. The third kappa shape index (κ3) is 4.81. The molecule has 0 bridgehead atoms. The molecular formula is C11H21NO3. The van der Waals surface area contributed by atoms with E-state index in [2.05, 4.69) is 0 Å². The summed E-state index contributed by atoms with van der Waals surface area (Å²) in [5.41, 5.74) is -1.01. The van der Waals surface area contributed by atoms with Gasteiger partial charge in [0.1, 0.15) is 5.60 Å². The Balaban J connectivity index is 4.54. The number of esters is 1. The SMILES string of the molecule is CN(C(=O)C(=O)OC(C)(C)C)C(C)(C)C. The van der Waals surface area contributed by atoms with Gasteiger partial charge in [-0.3, -0.25) is 4.79 Å². The van der Waals surface area contributed by atoms with Crippen LogP contribution in [0.25, 0.3) is 0 Å². The summed E-state index contributed by atoms with van der Waals surface area (Å²) in [5.74, 6) is -1.42. The fourth-order valence-corrected chi connectivity index (χ4v) is 0.763. The number of nitrogens with zero attached hydrogens (tertiary/aromatic N) is 1. The Kier molecular flexibility index (Phi) is 3.91. The lowest BCUT2D eigenvalue weighted by atomic mass is 10.1. The molecule has 0 spiro atoms. The monoisotopic (exact) mass is 215 g/mol. The first-order chi connectivity index (χ1) is 6.45. The first kappa shape index (κ1) is 13.9. The zero-order chi connectivity index (χ0) is 12.4. The zero-order valence-electron chi connectivity index (χ0n) is 10.7. The van der Waals surface area contributed by atoms with Crippen molar-refractivity contribution in [2.24, 2.45) is 0 Å². The number of hydrogen-bond donors (Lipinski definition) is 0. The molecule has 0 rings (SSSR count). The minimum atomic E-state index is -0.806. The Morgan fingerprint density at radius 1 is 1.00 bits per heavy atom. The molecule has 0 unspecified atom stereocenters. The van der Waals surface area contributed by atoms with Crippen LogP contribution in [0.3, 0.4) is 0 Å². The van der Waals surface area contributed by atoms with Gasteiger partial charge in [-0.2, -0.15) is 0 Å². The number of likely N-dealkylation sites (N-methyl/N-ethyl adjacent to an activating group) is 1. The Morgan fingerprint density at radius 2 is 1.40 bits per heavy atom. The highest BCUT2D eigenvalue weighted by atomic mass is 16.6. The van der Waals surface area contributed by atoms with Gasteiger partial charge in [-0.05, 0) is 41.5 Å². The second-order valence-electron chi connectivity index (χ2n) is 5.54. The molecule has 0 saturated heterocycles. The van der Waals surface area contributed by atoms with Crippen molar-refractivity contribution < 1.29 is 14.3 Å². The number of ether oxygens (including phenoxy) is 1. The van der Waals surface area contributed by atoms with Crippen LogP contribution in [0, 0.1) is 0 Å². The van der Waals surface area contributed by atoms with E-state index in [-0.39, 0.29) is 5.54 Å². The third-order valence-corrected chi connectivity index (χ3v) is 1.88. The largest absolute Gasteiger partial charge is 0.453 e. The van der Waals surface area contributed by atoms with Crippen molar-refractivity contribution in [2.45, 2.75) is 52.7 Å². The molecule has 0 heterocycles. The molecule has 0 atom stereocenters. The van der Waals surface area contributed by atoms with E-state index in [0.717, 1.165) is 0 Å². The smallest absolute Gasteiger partial charge is 0.397 e. The minimum Gasteiger partial charge on any atom is -0.453 e. The van der Waals surface area contributed by atoms with E-state index in [1.165, 1.54) is 4.90 Å². The molecule has 0 aliphatic rings. The second kappa shape index (κ2) is 4.21. The van der Waals surface area contributed by atoms with Crippen molar-refractivity contribution in [2.75, 3.05) is 7.05 Å². The molecular weight excluding hydrogens is 194 g/mol. The average molecular weight is 215 g/mol. The molecule has 0 aliphatic heterocycles. The predicted octanol–water partition coefficient (Wildman–Crippen LogP) is 1.58. The normalized spacial score (nSPS) is 12.2. The quantitative estimate of drug-likeness (QED) is 0.455. The summed E-state index contributed by atoms with van der Waals surface area (Å²) in [7, 11) is 1.59. The van der Waals surface area contributed by atoms with Gasteiger partial charge in [-0.15, -0.1) is 0 Å². The van der Waals surface area contributed by atoms with Crippen molar-refractivity contribution in [3.8, 4) is 0 Å². The van der Waals surface area contributed by atoms with Crippen molar-refractivity contribution in [3.63, 3.8) is 0 Å². The minimum absolute atomic E-state index is 0.381. The summed E-state index contributed by atoms with van der Waals surface area (Å²) < 4.78 is 4.99. The molecule has 1 amide bonds. The molecule has 0 saturated carbocycles. The number of amides is 1. The summed E-state index contributed by atoms with van der Waals surface area (Å²) in [6.07, 6.45) is 0. The number of carbonyl (C=O) groups is 2. The van der Waals surface area contributed by atoms with Gasteiger partial charge in [-0.25, -0.2) is 4.79 Å². The Morgan fingerprint density at radius 3 is 1.67 bits per heavy atom. The topological polar surface area (TPSA) is 46.6 Å². The highest BCUT2D eigenvalue weighted by molar-refractivity contribution is 6.32. The van der Waals surface area contributed by atoms with Crippen LogP contribution < -0.4 is 0 Å². The van der Waals surface area contributed by atoms with Gasteiger partial charge in [0, 0.05) is 12.6 Å². The van der Waals surface area contributed by atoms with Crippen LogP contribution in [0.2, 0.25) is 0 Å². The highest BCUT2D eigenvalue weighted by Crippen LogP contribution is 2.13. The predicted molar refractivity (Wildman–Crippen MR) is 58.4 cm³/mol. The van der Waals surface area contributed by atoms with Crippen molar-refractivity contribution in [1.29, 1.82) is 0 Å². The molecule has 4 nitrogen and oxygen atoms in total. The fourth-order valence-electron chi connectivity index (χ4n) is 0.763. The summed E-state index contributed by atoms with van der Waals surface area (Å²) in [6.45, 7) is 10.8. The molecule has 88 valence electrons. The maximum absolute atomic E-state index is 11.6. The van der Waals surface area contributed by atoms with E-state index in [1.54, 1.807) is 27.8 Å². The van der Waals surface area contributed by atoms with Crippen molar-refractivity contribution >= 4 is 11.9 Å². The molecule has 4 heteroatoms. The van der Waals surface area contributed by atoms with Gasteiger partial charge in [0.25, 0.3) is 0 Å². The molecule has 0 fully saturated rings. The number of rotatable bonds is 0. The maximum Gasteiger partial charge on any atom is 0.397 e. The fraction of sp³-hybridized carbons (Fsp3) is 0.818. The van der Waals surface area contributed by atoms with E-state index in [1.807, 2.05) is 20.8 Å². The molecule has 0 aliphatic carbocycles. The highest BCUT2D eigenvalue weighted by Gasteiger charge is 2.31. The third-order valence-electron chi connectivity index (χ3n) is 1.88. The van der Waals surface area contributed by atoms with Crippen LogP contribution in [0.5, 0.6) is 0 Å². The lowest BCUT2D eigenvalue weighted by Crippen LogP contribution is -2.47. The standard InChI is InChI=1S/C11H21NO3/c1-10(2,3)12(7)8(13)9(14)15-11(4,5)6/h1-7H3. The maximum atomic E-state index is 11.6. The van der Waals surface area contributed by atoms with Gasteiger partial charge < -0.3 is 9.64 Å². The Hall–Kier alpha value is -1.06. The Bertz CT molecular complexity index is 258. The van der Waals surface area contributed by atoms with E-state index >= 15 is 0 Å². The van der Waals surface area contributed by atoms with Gasteiger partial charge >= 0.3 is 11.9 Å². The second-order valence-corrected chi connectivity index (χ2v) is 5.54. The first-order valence-electron chi connectivity index (χ1n) is 4.96. The number of hydrogen-bond acceptors (Lipinski definition) is 3. The van der Waals surface area contributed by atoms with E-state index in [9.17, 15) is 9.59 Å². The number of carbonyl (C=O) groups excluding carboxylic acids is 2. The molecule has 15 heavy (non-hydrogen) atoms. The molecule has 0 aromatic heterocycles. The average Bonchev–Trinajstić information content (AvgIpc) is 1.96. The van der Waals surface area contributed by atoms with E-state index in [0.29, 0.717) is 0 Å². The van der Waals surface area contributed by atoms with Gasteiger partial charge in [-0.1, -0.05) is 0 Å². The lowest BCUT2D eigenvalue weighted by Gasteiger charge is -2.31. The van der Waals surface area contributed by atoms with Gasteiger partial charge in [0.05, 0.1) is 0 Å². The van der Waals surface area contributed by atoms with E-state index in [4.69, 9.17) is 4.74 Å². The lowest BCUT2D eigenvalue weighted by molar-refractivity contribution is -0.169. The van der Waals surface area contributed by atoms with Crippen LogP contribution >= 0.6 is 0 Å².